The van der Waals surface area contributed by atoms with Gasteiger partial charge >= 0.3 is 17.9 Å². The van der Waals surface area contributed by atoms with Gasteiger partial charge in [0.15, 0.2) is 0 Å². The molecule has 0 aliphatic carbocycles. The van der Waals surface area contributed by atoms with Crippen molar-refractivity contribution in [3.05, 3.63) is 0 Å². The smallest absolute Gasteiger partial charge is 0.326 e. The van der Waals surface area contributed by atoms with Crippen molar-refractivity contribution in [3.63, 3.8) is 0 Å². The number of hydrogen-bond acceptors (Lipinski definition) is 12. The molecular weight excluding hydrogens is 692 g/mol. The molecule has 6 amide bonds. The van der Waals surface area contributed by atoms with Crippen LogP contribution in [0.2, 0.25) is 0 Å². The third-order valence-electron chi connectivity index (χ3n) is 7.60. The summed E-state index contributed by atoms with van der Waals surface area (Å²) in [5, 5.41) is 49.1. The Kier molecular flexibility index (Phi) is 22.0. The molecule has 0 bridgehead atoms. The number of hydrogen-bond donors (Lipinski definition) is 12. The fourth-order valence-electron chi connectivity index (χ4n) is 4.66. The van der Waals surface area contributed by atoms with E-state index in [4.69, 9.17) is 22.3 Å². The summed E-state index contributed by atoms with van der Waals surface area (Å²) in [6.45, 7) is 4.90. The van der Waals surface area contributed by atoms with Gasteiger partial charge in [0.25, 0.3) is 0 Å². The Bertz CT molecular complexity index is 1260. The quantitative estimate of drug-likeness (QED) is 0.0361. The van der Waals surface area contributed by atoms with Crippen molar-refractivity contribution in [3.8, 4) is 0 Å². The SMILES string of the molecule is CC(C)C[C@H](NC(=O)[C@H](CCC(=O)O)NC(=O)[C@H](CCC(N)=O)NC(=O)[C@H](CCCCN)NC(=O)[C@@H](N)[C@@H](C)O)C(=O)N[C@@H](CCC(=O)O)C(=O)O. The second-order valence-corrected chi connectivity index (χ2v) is 12.7. The normalized spacial score (nSPS) is 15.1. The van der Waals surface area contributed by atoms with Crippen molar-refractivity contribution in [2.75, 3.05) is 6.54 Å². The molecule has 0 aromatic carbocycles. The summed E-state index contributed by atoms with van der Waals surface area (Å²) in [4.78, 5) is 112. The molecule has 0 rings (SSSR count). The fraction of sp³-hybridized carbons (Fsp3) is 0.710. The molecule has 0 heterocycles. The van der Waals surface area contributed by atoms with Crippen molar-refractivity contribution in [1.82, 2.24) is 26.6 Å². The lowest BCUT2D eigenvalue weighted by Crippen LogP contribution is -2.59. The average molecular weight is 747 g/mol. The number of nitrogens with two attached hydrogens (primary N) is 3. The van der Waals surface area contributed by atoms with Crippen LogP contribution in [0.5, 0.6) is 0 Å². The maximum Gasteiger partial charge on any atom is 0.326 e. The van der Waals surface area contributed by atoms with Crippen molar-refractivity contribution in [1.29, 1.82) is 0 Å². The van der Waals surface area contributed by atoms with E-state index in [1.165, 1.54) is 6.92 Å². The minimum absolute atomic E-state index is 0.0352. The first kappa shape index (κ1) is 47.1. The summed E-state index contributed by atoms with van der Waals surface area (Å²) in [7, 11) is 0. The van der Waals surface area contributed by atoms with Crippen LogP contribution in [0.3, 0.4) is 0 Å². The zero-order valence-corrected chi connectivity index (χ0v) is 29.6. The van der Waals surface area contributed by atoms with Crippen LogP contribution in [0, 0.1) is 5.92 Å². The highest BCUT2D eigenvalue weighted by molar-refractivity contribution is 5.96. The minimum atomic E-state index is -1.63. The second kappa shape index (κ2) is 24.3. The van der Waals surface area contributed by atoms with Gasteiger partial charge in [0.2, 0.25) is 35.4 Å². The minimum Gasteiger partial charge on any atom is -0.481 e. The Morgan fingerprint density at radius 3 is 1.35 bits per heavy atom. The van der Waals surface area contributed by atoms with E-state index in [9.17, 15) is 58.5 Å². The largest absolute Gasteiger partial charge is 0.481 e. The number of carboxylic acid groups (broad SMARTS) is 3. The zero-order chi connectivity index (χ0) is 40.1. The number of primary amides is 1. The Labute approximate surface area is 300 Å². The fourth-order valence-corrected chi connectivity index (χ4v) is 4.66. The molecule has 7 atom stereocenters. The number of carbonyl (C=O) groups excluding carboxylic acids is 6. The lowest BCUT2D eigenvalue weighted by atomic mass is 10.0. The first-order valence-corrected chi connectivity index (χ1v) is 16.8. The summed E-state index contributed by atoms with van der Waals surface area (Å²) in [5.74, 6) is -10.1. The molecule has 0 aliphatic heterocycles. The topological polar surface area (TPSA) is 373 Å². The van der Waals surface area contributed by atoms with Gasteiger partial charge in [0.1, 0.15) is 36.3 Å². The molecule has 0 aliphatic rings. The zero-order valence-electron chi connectivity index (χ0n) is 29.6. The number of aliphatic hydroxyl groups is 1. The van der Waals surface area contributed by atoms with E-state index in [0.29, 0.717) is 12.8 Å². The number of aliphatic carboxylic acids is 3. The molecule has 21 heteroatoms. The standard InChI is InChI=1S/C31H54N8O13/c1-15(2)14-21(29(49)38-20(31(51)52)9-12-24(44)45)39-28(48)19(8-11-23(42)43)36-27(47)18(7-10-22(33)41)35-26(46)17(6-4-5-13-32)37-30(50)25(34)16(3)40/h15-21,25,40H,4-14,32,34H2,1-3H3,(H2,33,41)(H,35,46)(H,36,47)(H,37,50)(H,38,49)(H,39,48)(H,42,43)(H,44,45)(H,51,52)/t16-,17+,18+,19+,20+,21+,25+/m1/s1. The van der Waals surface area contributed by atoms with Gasteiger partial charge in [-0.15, -0.1) is 0 Å². The van der Waals surface area contributed by atoms with Crippen LogP contribution in [0.1, 0.15) is 85.0 Å². The first-order chi connectivity index (χ1) is 24.2. The van der Waals surface area contributed by atoms with Gasteiger partial charge in [0.05, 0.1) is 6.10 Å². The van der Waals surface area contributed by atoms with Gasteiger partial charge in [0, 0.05) is 19.3 Å². The highest BCUT2D eigenvalue weighted by atomic mass is 16.4. The highest BCUT2D eigenvalue weighted by Gasteiger charge is 2.34. The maximum atomic E-state index is 13.5. The van der Waals surface area contributed by atoms with E-state index < -0.39 is 128 Å². The number of aliphatic hydroxyl groups excluding tert-OH is 1. The van der Waals surface area contributed by atoms with E-state index in [0.717, 1.165) is 0 Å². The number of amides is 6. The Morgan fingerprint density at radius 1 is 0.558 bits per heavy atom. The van der Waals surface area contributed by atoms with Crippen LogP contribution in [0.4, 0.5) is 0 Å². The predicted molar refractivity (Wildman–Crippen MR) is 181 cm³/mol. The third-order valence-corrected chi connectivity index (χ3v) is 7.60. The number of nitrogens with one attached hydrogen (secondary N) is 5. The van der Waals surface area contributed by atoms with Gasteiger partial charge in [-0.25, -0.2) is 4.79 Å². The maximum absolute atomic E-state index is 13.5. The van der Waals surface area contributed by atoms with Crippen molar-refractivity contribution >= 4 is 53.4 Å². The van der Waals surface area contributed by atoms with Crippen LogP contribution >= 0.6 is 0 Å². The molecule has 0 radical (unpaired) electrons. The van der Waals surface area contributed by atoms with Crippen LogP contribution in [0.25, 0.3) is 0 Å². The lowest BCUT2D eigenvalue weighted by molar-refractivity contribution is -0.143. The monoisotopic (exact) mass is 746 g/mol. The van der Waals surface area contributed by atoms with Crippen molar-refractivity contribution in [2.24, 2.45) is 23.1 Å². The van der Waals surface area contributed by atoms with Crippen molar-refractivity contribution < 1.29 is 63.6 Å². The molecule has 15 N–H and O–H groups in total. The molecule has 0 saturated heterocycles. The highest BCUT2D eigenvalue weighted by Crippen LogP contribution is 2.10. The van der Waals surface area contributed by atoms with E-state index in [1.807, 2.05) is 0 Å². The molecule has 0 fully saturated rings. The van der Waals surface area contributed by atoms with E-state index in [1.54, 1.807) is 13.8 Å². The number of carbonyl (C=O) groups is 9. The molecule has 0 aromatic rings. The second-order valence-electron chi connectivity index (χ2n) is 12.7. The molecule has 296 valence electrons. The Balaban J connectivity index is 6.31. The predicted octanol–water partition coefficient (Wildman–Crippen LogP) is -3.63. The lowest BCUT2D eigenvalue weighted by Gasteiger charge is -2.27. The molecule has 21 nitrogen and oxygen atoms in total. The molecule has 0 unspecified atom stereocenters. The van der Waals surface area contributed by atoms with Gasteiger partial charge in [-0.05, 0) is 64.3 Å². The summed E-state index contributed by atoms with van der Waals surface area (Å²) >= 11 is 0. The molecule has 0 saturated carbocycles. The van der Waals surface area contributed by atoms with Gasteiger partial charge in [-0.2, -0.15) is 0 Å². The summed E-state index contributed by atoms with van der Waals surface area (Å²) in [6, 6.07) is -8.88. The molecule has 0 spiro atoms. The third kappa shape index (κ3) is 19.5. The average Bonchev–Trinajstić information content (AvgIpc) is 3.04. The van der Waals surface area contributed by atoms with E-state index in [-0.39, 0.29) is 31.7 Å². The Morgan fingerprint density at radius 2 is 0.942 bits per heavy atom. The number of carboxylic acids is 3. The molecular formula is C31H54N8O13. The summed E-state index contributed by atoms with van der Waals surface area (Å²) in [5.41, 5.74) is 16.5. The van der Waals surface area contributed by atoms with Crippen LogP contribution in [0.15, 0.2) is 0 Å². The van der Waals surface area contributed by atoms with Gasteiger partial charge in [-0.3, -0.25) is 38.4 Å². The molecule has 52 heavy (non-hydrogen) atoms. The summed E-state index contributed by atoms with van der Waals surface area (Å²) < 4.78 is 0. The number of rotatable bonds is 27. The van der Waals surface area contributed by atoms with Crippen LogP contribution in [-0.4, -0.2) is 123 Å². The van der Waals surface area contributed by atoms with Crippen LogP contribution < -0.4 is 43.8 Å². The Hall–Kier alpha value is -4.89. The van der Waals surface area contributed by atoms with E-state index >= 15 is 0 Å². The molecule has 0 aromatic heterocycles. The van der Waals surface area contributed by atoms with Crippen molar-refractivity contribution in [2.45, 2.75) is 127 Å². The van der Waals surface area contributed by atoms with Crippen LogP contribution in [-0.2, 0) is 43.2 Å². The summed E-state index contributed by atoms with van der Waals surface area (Å²) in [6.07, 6.45) is -3.47. The van der Waals surface area contributed by atoms with E-state index in [2.05, 4.69) is 26.6 Å². The number of unbranched alkanes of at least 4 members (excludes halogenated alkanes) is 1. The first-order valence-electron chi connectivity index (χ1n) is 16.8. The van der Waals surface area contributed by atoms with Gasteiger partial charge < -0.3 is 64.2 Å². The van der Waals surface area contributed by atoms with Gasteiger partial charge in [-0.1, -0.05) is 13.8 Å².